The molecule has 2 bridgehead atoms. The SMILES string of the molecule is CCC(C)C.CNC(=O)NC(Cc1ccccc1)B1OC2CC3CC(C3(C)C)[C@]2(C)O1.N#CCC(=O)N1CCCCC1. The molecule has 42 heavy (non-hydrogen) atoms. The number of piperidine rings is 1. The molecule has 3 amide bonds. The van der Waals surface area contributed by atoms with E-state index in [0.717, 1.165) is 43.8 Å². The molecule has 2 N–H and O–H groups in total. The van der Waals surface area contributed by atoms with Crippen LogP contribution in [0.25, 0.3) is 0 Å². The van der Waals surface area contributed by atoms with Crippen molar-refractivity contribution in [1.29, 1.82) is 5.26 Å². The highest BCUT2D eigenvalue weighted by molar-refractivity contribution is 6.48. The van der Waals surface area contributed by atoms with Crippen LogP contribution in [0.5, 0.6) is 0 Å². The Balaban J connectivity index is 0.000000250. The quantitative estimate of drug-likeness (QED) is 0.417. The summed E-state index contributed by atoms with van der Waals surface area (Å²) in [7, 11) is 1.21. The van der Waals surface area contributed by atoms with Crippen LogP contribution < -0.4 is 10.6 Å². The molecule has 1 aromatic carbocycles. The Labute approximate surface area is 254 Å². The number of likely N-dealkylation sites (tertiary alicyclic amines) is 1. The molecule has 4 unspecified atom stereocenters. The summed E-state index contributed by atoms with van der Waals surface area (Å²) in [5.41, 5.74) is 1.21. The van der Waals surface area contributed by atoms with E-state index in [1.165, 1.54) is 19.3 Å². The first kappa shape index (κ1) is 33.9. The van der Waals surface area contributed by atoms with Crippen LogP contribution in [0.1, 0.15) is 92.1 Å². The van der Waals surface area contributed by atoms with Gasteiger partial charge in [0, 0.05) is 20.1 Å². The smallest absolute Gasteiger partial charge is 0.404 e. The number of amides is 3. The lowest BCUT2D eigenvalue weighted by Gasteiger charge is -2.64. The Bertz CT molecular complexity index is 1060. The van der Waals surface area contributed by atoms with Crippen molar-refractivity contribution < 1.29 is 18.9 Å². The molecule has 2 heterocycles. The summed E-state index contributed by atoms with van der Waals surface area (Å²) in [5.74, 6) is 1.89. The molecule has 1 aromatic rings. The van der Waals surface area contributed by atoms with Crippen LogP contribution in [0.3, 0.4) is 0 Å². The monoisotopic (exact) mass is 580 g/mol. The van der Waals surface area contributed by atoms with Gasteiger partial charge in [0.2, 0.25) is 5.91 Å². The number of nitrogens with one attached hydrogen (secondary N) is 2. The van der Waals surface area contributed by atoms with Gasteiger partial charge in [-0.25, -0.2) is 4.79 Å². The normalized spacial score (nSPS) is 27.5. The third kappa shape index (κ3) is 8.29. The Kier molecular flexibility index (Phi) is 12.3. The second-order valence-corrected chi connectivity index (χ2v) is 13.4. The highest BCUT2D eigenvalue weighted by Gasteiger charge is 2.68. The zero-order chi connectivity index (χ0) is 30.9. The number of nitrogens with zero attached hydrogens (tertiary/aromatic N) is 2. The molecule has 5 aliphatic rings. The number of benzene rings is 1. The van der Waals surface area contributed by atoms with Crippen molar-refractivity contribution in [1.82, 2.24) is 15.5 Å². The lowest BCUT2D eigenvalue weighted by molar-refractivity contribution is -0.199. The molecule has 9 heteroatoms. The van der Waals surface area contributed by atoms with Gasteiger partial charge in [0.25, 0.3) is 0 Å². The molecule has 0 spiro atoms. The molecule has 8 nitrogen and oxygen atoms in total. The standard InChI is InChI=1S/C20H29BN2O3.C8H12N2O.C5H12/c1-19(2)14-11-15(19)20(3)16(12-14)25-21(26-20)17(23-18(24)22-4)10-13-8-6-5-7-9-13;9-5-4-8(11)10-6-2-1-3-7-10;1-4-5(2)3/h5-9,14-17H,10-12H2,1-4H3,(H2,22,23,24);1-4,6-7H2;5H,4H2,1-3H3/t14?,15?,16?,17?,20-;;/m0../s1. The Hall–Kier alpha value is -2.57. The van der Waals surface area contributed by atoms with Crippen LogP contribution >= 0.6 is 0 Å². The van der Waals surface area contributed by atoms with Crippen LogP contribution in [0.15, 0.2) is 30.3 Å². The molecule has 0 radical (unpaired) electrons. The van der Waals surface area contributed by atoms with E-state index >= 15 is 0 Å². The lowest BCUT2D eigenvalue weighted by atomic mass is 9.43. The maximum Gasteiger partial charge on any atom is 0.482 e. The first-order chi connectivity index (χ1) is 20.0. The van der Waals surface area contributed by atoms with Crippen molar-refractivity contribution in [2.24, 2.45) is 23.2 Å². The number of urea groups is 1. The molecule has 2 aliphatic heterocycles. The molecule has 3 saturated carbocycles. The maximum absolute atomic E-state index is 12.0. The van der Waals surface area contributed by atoms with E-state index in [4.69, 9.17) is 14.6 Å². The van der Waals surface area contributed by atoms with Gasteiger partial charge in [0.1, 0.15) is 6.42 Å². The van der Waals surface area contributed by atoms with E-state index in [1.807, 2.05) is 24.3 Å². The second kappa shape index (κ2) is 15.2. The van der Waals surface area contributed by atoms with Gasteiger partial charge in [-0.2, -0.15) is 5.26 Å². The summed E-state index contributed by atoms with van der Waals surface area (Å²) in [4.78, 5) is 24.9. The highest BCUT2D eigenvalue weighted by Crippen LogP contribution is 2.65. The molecule has 3 aliphatic carbocycles. The van der Waals surface area contributed by atoms with Crippen molar-refractivity contribution in [3.05, 3.63) is 35.9 Å². The summed E-state index contributed by atoms with van der Waals surface area (Å²) < 4.78 is 12.9. The minimum Gasteiger partial charge on any atom is -0.404 e. The number of hydrogen-bond acceptors (Lipinski definition) is 5. The zero-order valence-corrected chi connectivity index (χ0v) is 26.9. The van der Waals surface area contributed by atoms with Gasteiger partial charge in [0.05, 0.1) is 23.7 Å². The fraction of sp³-hybridized carbons (Fsp3) is 0.727. The van der Waals surface area contributed by atoms with Crippen LogP contribution in [0.2, 0.25) is 0 Å². The first-order valence-electron chi connectivity index (χ1n) is 16.0. The fourth-order valence-electron chi connectivity index (χ4n) is 6.72. The van der Waals surface area contributed by atoms with Crippen LogP contribution in [0.4, 0.5) is 4.79 Å². The molecule has 5 fully saturated rings. The molecular formula is C33H53BN4O4. The Morgan fingerprint density at radius 3 is 2.31 bits per heavy atom. The summed E-state index contributed by atoms with van der Waals surface area (Å²) in [6.07, 6.45) is 7.83. The number of nitriles is 1. The van der Waals surface area contributed by atoms with E-state index in [2.05, 4.69) is 64.3 Å². The van der Waals surface area contributed by atoms with Crippen molar-refractivity contribution in [2.45, 2.75) is 111 Å². The maximum atomic E-state index is 12.0. The lowest BCUT2D eigenvalue weighted by Crippen LogP contribution is -2.65. The topological polar surface area (TPSA) is 104 Å². The Morgan fingerprint density at radius 1 is 1.12 bits per heavy atom. The summed E-state index contributed by atoms with van der Waals surface area (Å²) in [6, 6.07) is 11.8. The number of carbonyl (C=O) groups is 2. The van der Waals surface area contributed by atoms with Crippen molar-refractivity contribution in [3.63, 3.8) is 0 Å². The van der Waals surface area contributed by atoms with Crippen LogP contribution in [-0.4, -0.2) is 61.7 Å². The van der Waals surface area contributed by atoms with Crippen LogP contribution in [0, 0.1) is 34.5 Å². The van der Waals surface area contributed by atoms with Gasteiger partial charge < -0.3 is 24.8 Å². The largest absolute Gasteiger partial charge is 0.482 e. The molecular weight excluding hydrogens is 527 g/mol. The summed E-state index contributed by atoms with van der Waals surface area (Å²) in [6.45, 7) is 15.3. The van der Waals surface area contributed by atoms with E-state index in [0.29, 0.717) is 23.7 Å². The van der Waals surface area contributed by atoms with Gasteiger partial charge in [0.15, 0.2) is 0 Å². The van der Waals surface area contributed by atoms with E-state index in [9.17, 15) is 9.59 Å². The number of carbonyl (C=O) groups excluding carboxylic acids is 2. The highest BCUT2D eigenvalue weighted by atomic mass is 16.7. The van der Waals surface area contributed by atoms with Gasteiger partial charge >= 0.3 is 13.1 Å². The minimum absolute atomic E-state index is 0.00722. The summed E-state index contributed by atoms with van der Waals surface area (Å²) >= 11 is 0. The predicted octanol–water partition coefficient (Wildman–Crippen LogP) is 5.76. The third-order valence-corrected chi connectivity index (χ3v) is 9.89. The zero-order valence-electron chi connectivity index (χ0n) is 26.9. The Morgan fingerprint density at radius 2 is 1.76 bits per heavy atom. The van der Waals surface area contributed by atoms with Gasteiger partial charge in [-0.05, 0) is 74.2 Å². The van der Waals surface area contributed by atoms with E-state index < -0.39 is 7.12 Å². The minimum atomic E-state index is -0.419. The van der Waals surface area contributed by atoms with Crippen molar-refractivity contribution >= 4 is 19.1 Å². The molecule has 6 rings (SSSR count). The molecule has 0 aromatic heterocycles. The molecule has 2 saturated heterocycles. The first-order valence-corrected chi connectivity index (χ1v) is 16.0. The second-order valence-electron chi connectivity index (χ2n) is 13.4. The number of rotatable bonds is 6. The summed E-state index contributed by atoms with van der Waals surface area (Å²) in [5, 5.41) is 13.9. The van der Waals surface area contributed by atoms with Crippen molar-refractivity contribution in [3.8, 4) is 6.07 Å². The van der Waals surface area contributed by atoms with E-state index in [1.54, 1.807) is 11.9 Å². The molecule has 232 valence electrons. The van der Waals surface area contributed by atoms with E-state index in [-0.39, 0.29) is 36.0 Å². The van der Waals surface area contributed by atoms with Gasteiger partial charge in [-0.1, -0.05) is 71.4 Å². The van der Waals surface area contributed by atoms with Gasteiger partial charge in [-0.15, -0.1) is 0 Å². The molecule has 5 atom stereocenters. The predicted molar refractivity (Wildman–Crippen MR) is 167 cm³/mol. The average molecular weight is 581 g/mol. The third-order valence-electron chi connectivity index (χ3n) is 9.89. The number of hydrogen-bond donors (Lipinski definition) is 2. The fourth-order valence-corrected chi connectivity index (χ4v) is 6.72. The average Bonchev–Trinajstić information content (AvgIpc) is 3.35. The van der Waals surface area contributed by atoms with Gasteiger partial charge in [-0.3, -0.25) is 4.79 Å². The van der Waals surface area contributed by atoms with Crippen molar-refractivity contribution in [2.75, 3.05) is 20.1 Å². The van der Waals surface area contributed by atoms with Crippen LogP contribution in [-0.2, 0) is 20.5 Å².